The van der Waals surface area contributed by atoms with Crippen LogP contribution in [-0.2, 0) is 18.4 Å². The number of carbonyl (C=O) groups excluding carboxylic acids is 1. The second-order valence-corrected chi connectivity index (χ2v) is 8.00. The van der Waals surface area contributed by atoms with Gasteiger partial charge in [0.25, 0.3) is 5.56 Å². The summed E-state index contributed by atoms with van der Waals surface area (Å²) in [4.78, 5) is 38.9. The predicted molar refractivity (Wildman–Crippen MR) is 122 cm³/mol. The van der Waals surface area contributed by atoms with Gasteiger partial charge in [0.15, 0.2) is 0 Å². The summed E-state index contributed by atoms with van der Waals surface area (Å²) >= 11 is 0. The lowest BCUT2D eigenvalue weighted by atomic mass is 10.1. The Bertz CT molecular complexity index is 1420. The molecule has 0 aliphatic rings. The normalized spacial score (nSPS) is 12.5. The number of nitrogens with zero attached hydrogens (tertiary/aromatic N) is 3. The molecular weight excluding hydrogens is 392 g/mol. The molecule has 0 spiro atoms. The van der Waals surface area contributed by atoms with E-state index >= 15 is 0 Å². The first-order valence-corrected chi connectivity index (χ1v) is 10.4. The van der Waals surface area contributed by atoms with Crippen LogP contribution in [0, 0.1) is 6.92 Å². The van der Waals surface area contributed by atoms with Gasteiger partial charge in [0.2, 0.25) is 5.91 Å². The number of rotatable bonds is 6. The fraction of sp³-hybridized carbons (Fsp3) is 0.292. The van der Waals surface area contributed by atoms with Crippen LogP contribution in [0.5, 0.6) is 0 Å². The van der Waals surface area contributed by atoms with Gasteiger partial charge in [-0.2, -0.15) is 0 Å². The second-order valence-electron chi connectivity index (χ2n) is 8.00. The first kappa shape index (κ1) is 20.7. The van der Waals surface area contributed by atoms with Crippen molar-refractivity contribution >= 4 is 27.7 Å². The van der Waals surface area contributed by atoms with Crippen LogP contribution in [0.15, 0.2) is 58.3 Å². The standard InChI is InChI=1S/C24H26N4O3/c1-4-8-20(22(25)29)28-23(30)17-10-5-6-11-18(17)27(24(28)31)14-16-13-26(3)19-12-7-9-15(2)21(16)19/h5-7,9-13,20H,4,8,14H2,1-3H3,(H2,25,29)/t20-/m1/s1. The second kappa shape index (κ2) is 7.91. The molecule has 2 aromatic carbocycles. The van der Waals surface area contributed by atoms with Gasteiger partial charge in [-0.1, -0.05) is 37.6 Å². The Morgan fingerprint density at radius 2 is 1.77 bits per heavy atom. The van der Waals surface area contributed by atoms with Crippen LogP contribution in [0.25, 0.3) is 21.8 Å². The molecule has 7 heteroatoms. The Labute approximate surface area is 179 Å². The smallest absolute Gasteiger partial charge is 0.332 e. The maximum atomic E-state index is 13.6. The Hall–Kier alpha value is -3.61. The molecule has 0 unspecified atom stereocenters. The molecule has 4 aromatic rings. The molecular formula is C24H26N4O3. The van der Waals surface area contributed by atoms with Gasteiger partial charge >= 0.3 is 5.69 Å². The summed E-state index contributed by atoms with van der Waals surface area (Å²) in [6.45, 7) is 4.21. The molecule has 31 heavy (non-hydrogen) atoms. The van der Waals surface area contributed by atoms with Gasteiger partial charge in [0, 0.05) is 24.1 Å². The summed E-state index contributed by atoms with van der Waals surface area (Å²) in [5.41, 5.74) is 8.28. The van der Waals surface area contributed by atoms with Gasteiger partial charge in [-0.05, 0) is 42.7 Å². The third kappa shape index (κ3) is 3.36. The van der Waals surface area contributed by atoms with Crippen LogP contribution in [0.4, 0.5) is 0 Å². The van der Waals surface area contributed by atoms with Crippen LogP contribution >= 0.6 is 0 Å². The highest BCUT2D eigenvalue weighted by Crippen LogP contribution is 2.25. The van der Waals surface area contributed by atoms with E-state index in [4.69, 9.17) is 5.73 Å². The summed E-state index contributed by atoms with van der Waals surface area (Å²) in [7, 11) is 1.97. The number of benzene rings is 2. The van der Waals surface area contributed by atoms with E-state index in [0.29, 0.717) is 23.7 Å². The minimum atomic E-state index is -0.977. The SMILES string of the molecule is CCC[C@H](C(N)=O)n1c(=O)c2ccccc2n(Cc2cn(C)c3cccc(C)c23)c1=O. The number of hydrogen-bond donors (Lipinski definition) is 1. The lowest BCUT2D eigenvalue weighted by molar-refractivity contribution is -0.121. The van der Waals surface area contributed by atoms with Gasteiger partial charge in [-0.25, -0.2) is 9.36 Å². The minimum Gasteiger partial charge on any atom is -0.368 e. The zero-order chi connectivity index (χ0) is 22.3. The average molecular weight is 418 g/mol. The van der Waals surface area contributed by atoms with Crippen molar-refractivity contribution < 1.29 is 4.79 Å². The predicted octanol–water partition coefficient (Wildman–Crippen LogP) is 2.84. The monoisotopic (exact) mass is 418 g/mol. The molecule has 0 radical (unpaired) electrons. The summed E-state index contributed by atoms with van der Waals surface area (Å²) in [5.74, 6) is -0.677. The van der Waals surface area contributed by atoms with Crippen LogP contribution < -0.4 is 17.0 Å². The van der Waals surface area contributed by atoms with Crippen molar-refractivity contribution in [1.82, 2.24) is 13.7 Å². The lowest BCUT2D eigenvalue weighted by Gasteiger charge is -2.19. The van der Waals surface area contributed by atoms with Crippen LogP contribution in [0.2, 0.25) is 0 Å². The van der Waals surface area contributed by atoms with E-state index in [0.717, 1.165) is 26.6 Å². The van der Waals surface area contributed by atoms with E-state index in [1.165, 1.54) is 0 Å². The summed E-state index contributed by atoms with van der Waals surface area (Å²) in [6.07, 6.45) is 2.96. The molecule has 0 bridgehead atoms. The van der Waals surface area contributed by atoms with E-state index in [1.807, 2.05) is 49.9 Å². The number of carbonyl (C=O) groups is 1. The topological polar surface area (TPSA) is 92.0 Å². The number of nitrogens with two attached hydrogens (primary N) is 1. The molecule has 0 aliphatic carbocycles. The molecule has 4 rings (SSSR count). The summed E-state index contributed by atoms with van der Waals surface area (Å²) in [6, 6.07) is 12.1. The molecule has 1 amide bonds. The fourth-order valence-corrected chi connectivity index (χ4v) is 4.46. The molecule has 2 N–H and O–H groups in total. The maximum absolute atomic E-state index is 13.6. The first-order valence-electron chi connectivity index (χ1n) is 10.4. The molecule has 7 nitrogen and oxygen atoms in total. The van der Waals surface area contributed by atoms with Gasteiger partial charge in [0.1, 0.15) is 6.04 Å². The molecule has 2 heterocycles. The fourth-order valence-electron chi connectivity index (χ4n) is 4.46. The van der Waals surface area contributed by atoms with Crippen molar-refractivity contribution in [1.29, 1.82) is 0 Å². The van der Waals surface area contributed by atoms with Crippen molar-refractivity contribution in [2.45, 2.75) is 39.3 Å². The highest BCUT2D eigenvalue weighted by Gasteiger charge is 2.24. The number of primary amides is 1. The number of hydrogen-bond acceptors (Lipinski definition) is 3. The molecule has 0 saturated carbocycles. The van der Waals surface area contributed by atoms with Crippen molar-refractivity contribution in [3.8, 4) is 0 Å². The highest BCUT2D eigenvalue weighted by atomic mass is 16.2. The Kier molecular flexibility index (Phi) is 5.27. The van der Waals surface area contributed by atoms with E-state index in [2.05, 4.69) is 0 Å². The van der Waals surface area contributed by atoms with Crippen LogP contribution in [0.3, 0.4) is 0 Å². The van der Waals surface area contributed by atoms with Crippen LogP contribution in [-0.4, -0.2) is 19.6 Å². The number of amides is 1. The number of para-hydroxylation sites is 1. The van der Waals surface area contributed by atoms with Gasteiger partial charge in [-0.3, -0.25) is 14.2 Å². The van der Waals surface area contributed by atoms with Gasteiger partial charge < -0.3 is 10.3 Å². The molecule has 0 aliphatic heterocycles. The summed E-state index contributed by atoms with van der Waals surface area (Å²) < 4.78 is 4.64. The van der Waals surface area contributed by atoms with Crippen molar-refractivity contribution in [2.24, 2.45) is 12.8 Å². The molecule has 0 fully saturated rings. The van der Waals surface area contributed by atoms with Crippen molar-refractivity contribution in [3.05, 3.63) is 80.6 Å². The Morgan fingerprint density at radius 1 is 1.06 bits per heavy atom. The Balaban J connectivity index is 2.02. The Morgan fingerprint density at radius 3 is 2.48 bits per heavy atom. The highest BCUT2D eigenvalue weighted by molar-refractivity contribution is 5.87. The zero-order valence-electron chi connectivity index (χ0n) is 18.0. The number of aromatic nitrogens is 3. The van der Waals surface area contributed by atoms with Gasteiger partial charge in [0.05, 0.1) is 17.4 Å². The minimum absolute atomic E-state index is 0.277. The molecule has 0 saturated heterocycles. The lowest BCUT2D eigenvalue weighted by Crippen LogP contribution is -2.46. The van der Waals surface area contributed by atoms with E-state index in [-0.39, 0.29) is 6.54 Å². The average Bonchev–Trinajstić information content (AvgIpc) is 3.07. The first-order chi connectivity index (χ1) is 14.8. The quantitative estimate of drug-likeness (QED) is 0.522. The molecule has 1 atom stereocenters. The third-order valence-electron chi connectivity index (χ3n) is 5.91. The summed E-state index contributed by atoms with van der Waals surface area (Å²) in [5, 5.41) is 1.47. The van der Waals surface area contributed by atoms with Crippen LogP contribution in [0.1, 0.15) is 36.9 Å². The van der Waals surface area contributed by atoms with E-state index < -0.39 is 23.2 Å². The largest absolute Gasteiger partial charge is 0.368 e. The van der Waals surface area contributed by atoms with Crippen molar-refractivity contribution in [2.75, 3.05) is 0 Å². The molecule has 2 aromatic heterocycles. The van der Waals surface area contributed by atoms with E-state index in [1.54, 1.807) is 28.8 Å². The number of aryl methyl sites for hydroxylation is 2. The third-order valence-corrected chi connectivity index (χ3v) is 5.91. The molecule has 160 valence electrons. The van der Waals surface area contributed by atoms with E-state index in [9.17, 15) is 14.4 Å². The van der Waals surface area contributed by atoms with Gasteiger partial charge in [-0.15, -0.1) is 0 Å². The van der Waals surface area contributed by atoms with Crippen molar-refractivity contribution in [3.63, 3.8) is 0 Å². The maximum Gasteiger partial charge on any atom is 0.332 e. The zero-order valence-corrected chi connectivity index (χ0v) is 18.0. The number of fused-ring (bicyclic) bond motifs is 2.